The van der Waals surface area contributed by atoms with E-state index in [1.165, 1.54) is 0 Å². The molecule has 0 aliphatic heterocycles. The zero-order chi connectivity index (χ0) is 24.4. The normalized spacial score (nSPS) is 10.3. The van der Waals surface area contributed by atoms with Gasteiger partial charge in [-0.25, -0.2) is 0 Å². The van der Waals surface area contributed by atoms with E-state index >= 15 is 0 Å². The highest BCUT2D eigenvalue weighted by Gasteiger charge is 2.26. The van der Waals surface area contributed by atoms with E-state index in [1.54, 1.807) is 0 Å². The van der Waals surface area contributed by atoms with Gasteiger partial charge in [0.1, 0.15) is 0 Å². The third-order valence-electron chi connectivity index (χ3n) is 3.43. The summed E-state index contributed by atoms with van der Waals surface area (Å²) in [6.45, 7) is -1.62. The van der Waals surface area contributed by atoms with Crippen molar-refractivity contribution in [1.29, 1.82) is 5.41 Å². The maximum Gasteiger partial charge on any atom is 0.313 e. The molecular weight excluding hydrogens is 426 g/mol. The van der Waals surface area contributed by atoms with Crippen LogP contribution in [0.4, 0.5) is 0 Å². The molecule has 0 aromatic carbocycles. The molecule has 14 nitrogen and oxygen atoms in total. The number of aliphatic carboxylic acids is 2. The number of ether oxygens (including phenoxy) is 2. The van der Waals surface area contributed by atoms with Crippen LogP contribution in [0.5, 0.6) is 0 Å². The fourth-order valence-corrected chi connectivity index (χ4v) is 1.39. The van der Waals surface area contributed by atoms with Crippen molar-refractivity contribution in [2.75, 3.05) is 26.4 Å². The van der Waals surface area contributed by atoms with Crippen molar-refractivity contribution in [2.45, 2.75) is 38.5 Å². The summed E-state index contributed by atoms with van der Waals surface area (Å²) in [6, 6.07) is 0. The van der Waals surface area contributed by atoms with Crippen LogP contribution in [0.25, 0.3) is 0 Å². The van der Waals surface area contributed by atoms with Crippen molar-refractivity contribution >= 4 is 35.7 Å². The van der Waals surface area contributed by atoms with Gasteiger partial charge in [0.2, 0.25) is 0 Å². The maximum absolute atomic E-state index is 11.2. The van der Waals surface area contributed by atoms with Gasteiger partial charge in [-0.2, -0.15) is 0 Å². The first-order valence-corrected chi connectivity index (χ1v) is 8.80. The molecule has 0 saturated heterocycles. The lowest BCUT2D eigenvalue weighted by Gasteiger charge is -2.23. The van der Waals surface area contributed by atoms with Gasteiger partial charge in [0, 0.05) is 18.4 Å². The summed E-state index contributed by atoms with van der Waals surface area (Å²) in [5.41, 5.74) is -1.11. The van der Waals surface area contributed by atoms with Gasteiger partial charge >= 0.3 is 17.9 Å². The first-order chi connectivity index (χ1) is 14.4. The standard InChI is InChI=1S/C12H15NO9.C5H12O4/c13-7(21-10(18)5-2-8(14)15)1-4-11(19)22-12(20)6-3-9(16)17;6-1-5(2-7,3-8)4-9/h13H,1-6H2,(H,14,15)(H,16,17);6-9H,1-4H2/p-2. The predicted molar refractivity (Wildman–Crippen MR) is 93.4 cm³/mol. The summed E-state index contributed by atoms with van der Waals surface area (Å²) in [7, 11) is 0. The number of carboxylic acid groups (broad SMARTS) is 2. The molecule has 0 fully saturated rings. The molecule has 31 heavy (non-hydrogen) atoms. The zero-order valence-electron chi connectivity index (χ0n) is 16.5. The van der Waals surface area contributed by atoms with Gasteiger partial charge in [-0.05, 0) is 12.8 Å². The van der Waals surface area contributed by atoms with E-state index in [2.05, 4.69) is 9.47 Å². The molecule has 0 amide bonds. The summed E-state index contributed by atoms with van der Waals surface area (Å²) in [6.07, 6.45) is -2.92. The highest BCUT2D eigenvalue weighted by atomic mass is 16.6. The van der Waals surface area contributed by atoms with E-state index in [1.807, 2.05) is 0 Å². The lowest BCUT2D eigenvalue weighted by Crippen LogP contribution is -2.37. The molecule has 5 N–H and O–H groups in total. The van der Waals surface area contributed by atoms with Crippen molar-refractivity contribution in [3.8, 4) is 0 Å². The van der Waals surface area contributed by atoms with E-state index in [9.17, 15) is 34.2 Å². The molecule has 178 valence electrons. The summed E-state index contributed by atoms with van der Waals surface area (Å²) in [5, 5.41) is 61.4. The smallest absolute Gasteiger partial charge is 0.313 e. The van der Waals surface area contributed by atoms with E-state index in [0.717, 1.165) is 0 Å². The number of hydrogen-bond acceptors (Lipinski definition) is 14. The molecule has 0 aromatic heterocycles. The molecule has 0 bridgehead atoms. The zero-order valence-corrected chi connectivity index (χ0v) is 16.5. The highest BCUT2D eigenvalue weighted by Crippen LogP contribution is 2.11. The van der Waals surface area contributed by atoms with Gasteiger partial charge < -0.3 is 49.7 Å². The van der Waals surface area contributed by atoms with Crippen LogP contribution in [-0.4, -0.2) is 82.6 Å². The third-order valence-corrected chi connectivity index (χ3v) is 3.43. The fraction of sp³-hybridized carbons (Fsp3) is 0.647. The Bertz CT molecular complexity index is 566. The average Bonchev–Trinajstić information content (AvgIpc) is 2.72. The Morgan fingerprint density at radius 3 is 1.23 bits per heavy atom. The van der Waals surface area contributed by atoms with Crippen molar-refractivity contribution in [2.24, 2.45) is 5.41 Å². The Kier molecular flexibility index (Phi) is 16.4. The van der Waals surface area contributed by atoms with Crippen LogP contribution in [0, 0.1) is 10.8 Å². The Morgan fingerprint density at radius 2 is 0.935 bits per heavy atom. The molecule has 0 atom stereocenters. The van der Waals surface area contributed by atoms with Crippen LogP contribution >= 0.6 is 0 Å². The van der Waals surface area contributed by atoms with Crippen LogP contribution in [0.2, 0.25) is 0 Å². The first kappa shape index (κ1) is 30.3. The van der Waals surface area contributed by atoms with Gasteiger partial charge in [0.05, 0.1) is 51.1 Å². The SMILES string of the molecule is N=C(CCC(=O)OC(=O)CCC(=O)[O-])OC(=O)CCC(=O)[O-].OCC(CO)(CO)CO. The molecular formula is C17H25NO13-2. The van der Waals surface area contributed by atoms with E-state index in [4.69, 9.17) is 25.8 Å². The van der Waals surface area contributed by atoms with Gasteiger partial charge in [-0.3, -0.25) is 19.8 Å². The van der Waals surface area contributed by atoms with Crippen LogP contribution in [0.1, 0.15) is 38.5 Å². The molecule has 0 radical (unpaired) electrons. The van der Waals surface area contributed by atoms with E-state index in [-0.39, 0.29) is 6.42 Å². The maximum atomic E-state index is 11.2. The topological polar surface area (TPSA) is 255 Å². The highest BCUT2D eigenvalue weighted by molar-refractivity contribution is 5.91. The van der Waals surface area contributed by atoms with Crippen LogP contribution < -0.4 is 10.2 Å². The number of carbonyl (C=O) groups excluding carboxylic acids is 5. The monoisotopic (exact) mass is 451 g/mol. The Labute approximate surface area is 176 Å². The fourth-order valence-electron chi connectivity index (χ4n) is 1.39. The molecule has 0 aliphatic rings. The largest absolute Gasteiger partial charge is 0.550 e. The van der Waals surface area contributed by atoms with Gasteiger partial charge in [0.15, 0.2) is 5.90 Å². The van der Waals surface area contributed by atoms with Gasteiger partial charge in [-0.15, -0.1) is 0 Å². The number of esters is 3. The summed E-state index contributed by atoms with van der Waals surface area (Å²) < 4.78 is 8.65. The Morgan fingerprint density at radius 1 is 0.613 bits per heavy atom. The Balaban J connectivity index is 0. The number of carbonyl (C=O) groups is 5. The first-order valence-electron chi connectivity index (χ1n) is 8.80. The van der Waals surface area contributed by atoms with E-state index in [0.29, 0.717) is 0 Å². The number of carboxylic acids is 2. The summed E-state index contributed by atoms with van der Waals surface area (Å²) in [5.74, 6) is -6.53. The number of hydrogen-bond donors (Lipinski definition) is 5. The van der Waals surface area contributed by atoms with Crippen molar-refractivity contribution in [3.63, 3.8) is 0 Å². The summed E-state index contributed by atoms with van der Waals surface area (Å²) in [4.78, 5) is 53.4. The molecule has 0 aliphatic carbocycles. The number of nitrogens with one attached hydrogen (secondary N) is 1. The van der Waals surface area contributed by atoms with Gasteiger partial charge in [0.25, 0.3) is 0 Å². The number of aliphatic hydroxyl groups is 4. The van der Waals surface area contributed by atoms with Gasteiger partial charge in [-0.1, -0.05) is 0 Å². The number of rotatable bonds is 13. The van der Waals surface area contributed by atoms with Crippen molar-refractivity contribution in [1.82, 2.24) is 0 Å². The molecule has 0 unspecified atom stereocenters. The molecule has 14 heteroatoms. The predicted octanol–water partition coefficient (Wildman–Crippen LogP) is -4.64. The minimum atomic E-state index is -1.46. The molecule has 0 aromatic rings. The number of aliphatic hydroxyl groups excluding tert-OH is 4. The van der Waals surface area contributed by atoms with Crippen molar-refractivity contribution < 1.29 is 64.1 Å². The molecule has 0 heterocycles. The van der Waals surface area contributed by atoms with Crippen molar-refractivity contribution in [3.05, 3.63) is 0 Å². The molecule has 0 spiro atoms. The lowest BCUT2D eigenvalue weighted by molar-refractivity contribution is -0.307. The second-order valence-corrected chi connectivity index (χ2v) is 6.12. The molecule has 0 saturated carbocycles. The second-order valence-electron chi connectivity index (χ2n) is 6.12. The van der Waals surface area contributed by atoms with Crippen LogP contribution in [0.3, 0.4) is 0 Å². The Hall–Kier alpha value is -2.94. The minimum absolute atomic E-state index is 0.344. The van der Waals surface area contributed by atoms with Crippen LogP contribution in [-0.2, 0) is 33.4 Å². The third kappa shape index (κ3) is 16.5. The minimum Gasteiger partial charge on any atom is -0.550 e. The second kappa shape index (κ2) is 16.8. The average molecular weight is 451 g/mol. The van der Waals surface area contributed by atoms with E-state index < -0.39 is 99.7 Å². The lowest BCUT2D eigenvalue weighted by atomic mass is 9.93. The van der Waals surface area contributed by atoms with Crippen LogP contribution in [0.15, 0.2) is 0 Å². The summed E-state index contributed by atoms with van der Waals surface area (Å²) >= 11 is 0. The quantitative estimate of drug-likeness (QED) is 0.0764. The molecule has 0 rings (SSSR count).